The van der Waals surface area contributed by atoms with Crippen LogP contribution < -0.4 is 14.8 Å². The molecule has 0 saturated carbocycles. The highest BCUT2D eigenvalue weighted by atomic mass is 16.7. The van der Waals surface area contributed by atoms with Crippen LogP contribution in [0.15, 0.2) is 53.5 Å². The Morgan fingerprint density at radius 2 is 2.03 bits per heavy atom. The average Bonchev–Trinajstić information content (AvgIpc) is 3.51. The van der Waals surface area contributed by atoms with Gasteiger partial charge in [-0.15, -0.1) is 0 Å². The number of ether oxygens (including phenoxy) is 2. The monoisotopic (exact) mass is 434 g/mol. The van der Waals surface area contributed by atoms with Gasteiger partial charge in [-0.1, -0.05) is 6.07 Å². The van der Waals surface area contributed by atoms with Gasteiger partial charge in [0.25, 0.3) is 5.91 Å². The van der Waals surface area contributed by atoms with Gasteiger partial charge in [0.2, 0.25) is 6.79 Å². The molecule has 5 rings (SSSR count). The quantitative estimate of drug-likeness (QED) is 0.474. The van der Waals surface area contributed by atoms with Gasteiger partial charge >= 0.3 is 0 Å². The lowest BCUT2D eigenvalue weighted by atomic mass is 10.1. The fourth-order valence-electron chi connectivity index (χ4n) is 3.49. The van der Waals surface area contributed by atoms with Gasteiger partial charge in [0.1, 0.15) is 6.26 Å². The van der Waals surface area contributed by atoms with Gasteiger partial charge in [-0.25, -0.2) is 9.67 Å². The number of furan rings is 1. The van der Waals surface area contributed by atoms with Crippen LogP contribution >= 0.6 is 0 Å². The summed E-state index contributed by atoms with van der Waals surface area (Å²) in [7, 11) is 0. The van der Waals surface area contributed by atoms with Crippen molar-refractivity contribution in [3.05, 3.63) is 54.6 Å². The number of carbonyl (C=O) groups excluding carboxylic acids is 1. The maximum absolute atomic E-state index is 12.6. The first-order valence-electron chi connectivity index (χ1n) is 10.2. The Morgan fingerprint density at radius 3 is 2.81 bits per heavy atom. The molecule has 3 aromatic heterocycles. The van der Waals surface area contributed by atoms with Crippen LogP contribution in [0.25, 0.3) is 22.2 Å². The van der Waals surface area contributed by atoms with Crippen LogP contribution in [0.2, 0.25) is 0 Å². The highest BCUT2D eigenvalue weighted by Crippen LogP contribution is 2.37. The third-order valence-electron chi connectivity index (χ3n) is 5.24. The van der Waals surface area contributed by atoms with Crippen LogP contribution in [0.5, 0.6) is 11.5 Å². The van der Waals surface area contributed by atoms with E-state index in [0.29, 0.717) is 46.9 Å². The second-order valence-corrected chi connectivity index (χ2v) is 8.26. The van der Waals surface area contributed by atoms with Crippen molar-refractivity contribution in [3.63, 3.8) is 0 Å². The summed E-state index contributed by atoms with van der Waals surface area (Å²) < 4.78 is 17.6. The van der Waals surface area contributed by atoms with E-state index in [-0.39, 0.29) is 12.7 Å². The van der Waals surface area contributed by atoms with Crippen molar-refractivity contribution >= 4 is 22.8 Å². The summed E-state index contributed by atoms with van der Waals surface area (Å²) in [5.41, 5.74) is 1.90. The minimum atomic E-state index is -0.856. The minimum absolute atomic E-state index is 0.203. The Bertz CT molecular complexity index is 1290. The number of pyridine rings is 1. The Labute approximate surface area is 183 Å². The summed E-state index contributed by atoms with van der Waals surface area (Å²) in [4.78, 5) is 17.2. The first kappa shape index (κ1) is 20.1. The third kappa shape index (κ3) is 3.90. The number of benzene rings is 1. The molecular formula is C23H22N4O5. The van der Waals surface area contributed by atoms with Crippen molar-refractivity contribution in [2.45, 2.75) is 32.4 Å². The van der Waals surface area contributed by atoms with Gasteiger partial charge in [-0.3, -0.25) is 4.79 Å². The largest absolute Gasteiger partial charge is 0.472 e. The maximum Gasteiger partial charge on any atom is 0.260 e. The minimum Gasteiger partial charge on any atom is -0.472 e. The maximum atomic E-state index is 12.6. The summed E-state index contributed by atoms with van der Waals surface area (Å²) >= 11 is 0. The smallest absolute Gasteiger partial charge is 0.260 e. The molecule has 0 radical (unpaired) electrons. The number of rotatable bonds is 6. The molecule has 4 aromatic rings. The van der Waals surface area contributed by atoms with Gasteiger partial charge in [0.15, 0.2) is 23.0 Å². The van der Waals surface area contributed by atoms with E-state index in [4.69, 9.17) is 13.9 Å². The molecule has 0 bridgehead atoms. The summed E-state index contributed by atoms with van der Waals surface area (Å²) in [5, 5.41) is 18.2. The Kier molecular flexibility index (Phi) is 4.82. The third-order valence-corrected chi connectivity index (χ3v) is 5.24. The van der Waals surface area contributed by atoms with Crippen LogP contribution in [0.4, 0.5) is 5.82 Å². The number of aryl methyl sites for hydroxylation is 1. The number of aromatic nitrogens is 3. The average molecular weight is 434 g/mol. The number of fused-ring (bicyclic) bond motifs is 2. The van der Waals surface area contributed by atoms with Crippen molar-refractivity contribution in [2.75, 3.05) is 12.1 Å². The Hall–Kier alpha value is -3.85. The van der Waals surface area contributed by atoms with Gasteiger partial charge in [0, 0.05) is 18.3 Å². The van der Waals surface area contributed by atoms with Crippen LogP contribution in [-0.2, 0) is 6.54 Å². The molecular weight excluding hydrogens is 412 g/mol. The number of carbonyl (C=O) groups is 1. The molecule has 1 aliphatic rings. The number of hydrogen-bond acceptors (Lipinski definition) is 7. The lowest BCUT2D eigenvalue weighted by molar-refractivity contribution is 0.0654. The van der Waals surface area contributed by atoms with Gasteiger partial charge in [0.05, 0.1) is 22.8 Å². The first-order chi connectivity index (χ1) is 15.4. The number of amides is 1. The molecule has 0 spiro atoms. The number of nitrogens with zero attached hydrogens (tertiary/aromatic N) is 3. The molecule has 0 fully saturated rings. The van der Waals surface area contributed by atoms with Crippen LogP contribution in [-0.4, -0.2) is 38.2 Å². The molecule has 0 aliphatic carbocycles. The van der Waals surface area contributed by atoms with Gasteiger partial charge < -0.3 is 24.3 Å². The lowest BCUT2D eigenvalue weighted by Gasteiger charge is -2.16. The van der Waals surface area contributed by atoms with Crippen molar-refractivity contribution in [1.82, 2.24) is 14.8 Å². The van der Waals surface area contributed by atoms with E-state index in [1.165, 1.54) is 12.5 Å². The van der Waals surface area contributed by atoms with E-state index in [2.05, 4.69) is 15.4 Å². The fraction of sp³-hybridized carbons (Fsp3) is 0.261. The van der Waals surface area contributed by atoms with Crippen LogP contribution in [0, 0.1) is 0 Å². The highest BCUT2D eigenvalue weighted by molar-refractivity contribution is 6.07. The predicted molar refractivity (Wildman–Crippen MR) is 117 cm³/mol. The molecule has 9 heteroatoms. The van der Waals surface area contributed by atoms with E-state index in [1.54, 1.807) is 30.8 Å². The van der Waals surface area contributed by atoms with Crippen molar-refractivity contribution in [1.29, 1.82) is 0 Å². The molecule has 0 atom stereocenters. The SMILES string of the molecule is CC(C)(O)CCn1nc(NC(=O)c2ccoc2)c2cc(-c3ccc4c(c3)OCO4)cnc21. The Balaban J connectivity index is 1.55. The molecule has 9 nitrogen and oxygen atoms in total. The predicted octanol–water partition coefficient (Wildman–Crippen LogP) is 3.83. The molecule has 1 amide bonds. The van der Waals surface area contributed by atoms with E-state index in [1.807, 2.05) is 24.3 Å². The summed E-state index contributed by atoms with van der Waals surface area (Å²) in [6, 6.07) is 9.19. The summed E-state index contributed by atoms with van der Waals surface area (Å²) in [5.74, 6) is 1.44. The summed E-state index contributed by atoms with van der Waals surface area (Å²) in [6.45, 7) is 4.13. The fourth-order valence-corrected chi connectivity index (χ4v) is 3.49. The zero-order chi connectivity index (χ0) is 22.3. The second-order valence-electron chi connectivity index (χ2n) is 8.26. The number of anilines is 1. The van der Waals surface area contributed by atoms with E-state index in [0.717, 1.165) is 11.1 Å². The number of hydrogen-bond donors (Lipinski definition) is 2. The van der Waals surface area contributed by atoms with Crippen molar-refractivity contribution in [3.8, 4) is 22.6 Å². The van der Waals surface area contributed by atoms with Crippen LogP contribution in [0.1, 0.15) is 30.6 Å². The molecule has 0 saturated heterocycles. The first-order valence-corrected chi connectivity index (χ1v) is 10.2. The Morgan fingerprint density at radius 1 is 1.19 bits per heavy atom. The molecule has 164 valence electrons. The molecule has 1 aliphatic heterocycles. The number of nitrogens with one attached hydrogen (secondary N) is 1. The van der Waals surface area contributed by atoms with Gasteiger partial charge in [-0.2, -0.15) is 5.10 Å². The van der Waals surface area contributed by atoms with E-state index >= 15 is 0 Å². The molecule has 0 unspecified atom stereocenters. The molecule has 32 heavy (non-hydrogen) atoms. The normalized spacial score (nSPS) is 13.0. The lowest BCUT2D eigenvalue weighted by Crippen LogP contribution is -2.21. The van der Waals surface area contributed by atoms with Gasteiger partial charge in [-0.05, 0) is 50.1 Å². The molecule has 2 N–H and O–H groups in total. The number of aliphatic hydroxyl groups is 1. The standard InChI is InChI=1S/C23H22N4O5/c1-23(2,29)6-7-27-21-17(20(26-27)25-22(28)15-5-8-30-12-15)9-16(11-24-21)14-3-4-18-19(10-14)32-13-31-18/h3-5,8-12,29H,6-7,13H2,1-2H3,(H,25,26,28). The molecule has 1 aromatic carbocycles. The molecule has 4 heterocycles. The summed E-state index contributed by atoms with van der Waals surface area (Å²) in [6.07, 6.45) is 5.04. The zero-order valence-electron chi connectivity index (χ0n) is 17.7. The highest BCUT2D eigenvalue weighted by Gasteiger charge is 2.20. The topological polar surface area (TPSA) is 112 Å². The second kappa shape index (κ2) is 7.69. The zero-order valence-corrected chi connectivity index (χ0v) is 17.7. The van der Waals surface area contributed by atoms with E-state index in [9.17, 15) is 9.90 Å². The van der Waals surface area contributed by atoms with Crippen LogP contribution in [0.3, 0.4) is 0 Å². The van der Waals surface area contributed by atoms with Crippen molar-refractivity contribution < 1.29 is 23.8 Å². The van der Waals surface area contributed by atoms with E-state index < -0.39 is 5.60 Å². The van der Waals surface area contributed by atoms with Crippen molar-refractivity contribution in [2.24, 2.45) is 0 Å².